The molecule has 4 aromatic rings. The van der Waals surface area contributed by atoms with Crippen LogP contribution in [0.4, 0.5) is 11.6 Å². The molecule has 7 nitrogen and oxygen atoms in total. The van der Waals surface area contributed by atoms with Crippen LogP contribution in [0.3, 0.4) is 0 Å². The molecule has 0 radical (unpaired) electrons. The SMILES string of the molecule is CCC(=O)Nc1ccc2c(c1)ncn2-c1ccnc(N[C@@H](C)c2ccccc2)n1. The minimum Gasteiger partial charge on any atom is -0.348 e. The van der Waals surface area contributed by atoms with Gasteiger partial charge in [-0.25, -0.2) is 9.97 Å². The average molecular weight is 386 g/mol. The predicted molar refractivity (Wildman–Crippen MR) is 114 cm³/mol. The van der Waals surface area contributed by atoms with E-state index in [-0.39, 0.29) is 11.9 Å². The second-order valence-corrected chi connectivity index (χ2v) is 6.73. The van der Waals surface area contributed by atoms with Crippen molar-refractivity contribution in [2.75, 3.05) is 10.6 Å². The quantitative estimate of drug-likeness (QED) is 0.515. The van der Waals surface area contributed by atoms with Gasteiger partial charge in [0.15, 0.2) is 0 Å². The second-order valence-electron chi connectivity index (χ2n) is 6.73. The maximum atomic E-state index is 11.6. The summed E-state index contributed by atoms with van der Waals surface area (Å²) >= 11 is 0. The van der Waals surface area contributed by atoms with Crippen LogP contribution in [0.2, 0.25) is 0 Å². The molecule has 2 aromatic carbocycles. The molecule has 0 aliphatic rings. The zero-order chi connectivity index (χ0) is 20.2. The number of carbonyl (C=O) groups is 1. The van der Waals surface area contributed by atoms with Gasteiger partial charge in [0.25, 0.3) is 0 Å². The van der Waals surface area contributed by atoms with Crippen LogP contribution in [0.15, 0.2) is 67.1 Å². The molecule has 0 unspecified atom stereocenters. The molecule has 0 fully saturated rings. The van der Waals surface area contributed by atoms with E-state index in [9.17, 15) is 4.79 Å². The van der Waals surface area contributed by atoms with Crippen LogP contribution in [0.1, 0.15) is 31.9 Å². The summed E-state index contributed by atoms with van der Waals surface area (Å²) in [6, 6.07) is 17.7. The Morgan fingerprint density at radius 3 is 2.72 bits per heavy atom. The van der Waals surface area contributed by atoms with Gasteiger partial charge in [-0.1, -0.05) is 37.3 Å². The molecule has 2 heterocycles. The summed E-state index contributed by atoms with van der Waals surface area (Å²) in [4.78, 5) is 25.1. The van der Waals surface area contributed by atoms with Crippen molar-refractivity contribution in [3.8, 4) is 5.82 Å². The maximum Gasteiger partial charge on any atom is 0.225 e. The summed E-state index contributed by atoms with van der Waals surface area (Å²) in [5, 5.41) is 6.20. The Morgan fingerprint density at radius 1 is 1.10 bits per heavy atom. The van der Waals surface area contributed by atoms with Crippen LogP contribution in [-0.4, -0.2) is 25.4 Å². The molecule has 0 bridgehead atoms. The molecule has 1 atom stereocenters. The van der Waals surface area contributed by atoms with E-state index in [4.69, 9.17) is 0 Å². The number of nitrogens with one attached hydrogen (secondary N) is 2. The van der Waals surface area contributed by atoms with Gasteiger partial charge in [0.1, 0.15) is 12.1 Å². The van der Waals surface area contributed by atoms with Crippen molar-refractivity contribution in [2.45, 2.75) is 26.3 Å². The molecule has 146 valence electrons. The number of benzene rings is 2. The molecule has 0 saturated carbocycles. The molecule has 2 N–H and O–H groups in total. The smallest absolute Gasteiger partial charge is 0.225 e. The van der Waals surface area contributed by atoms with E-state index >= 15 is 0 Å². The van der Waals surface area contributed by atoms with Gasteiger partial charge in [-0.15, -0.1) is 0 Å². The van der Waals surface area contributed by atoms with Gasteiger partial charge >= 0.3 is 0 Å². The van der Waals surface area contributed by atoms with Crippen molar-refractivity contribution < 1.29 is 4.79 Å². The van der Waals surface area contributed by atoms with Crippen molar-refractivity contribution in [1.29, 1.82) is 0 Å². The third kappa shape index (κ3) is 4.08. The predicted octanol–water partition coefficient (Wildman–Crippen LogP) is 4.34. The standard InChI is InChI=1S/C22H22N6O/c1-3-21(29)26-17-9-10-19-18(13-17)24-14-28(19)20-11-12-23-22(27-20)25-15(2)16-7-5-4-6-8-16/h4-15H,3H2,1-2H3,(H,26,29)(H,23,25,27)/t15-/m0/s1. The van der Waals surface area contributed by atoms with E-state index in [0.717, 1.165) is 28.1 Å². The fraction of sp³-hybridized carbons (Fsp3) is 0.182. The Bertz CT molecular complexity index is 1140. The van der Waals surface area contributed by atoms with E-state index in [0.29, 0.717) is 12.4 Å². The first kappa shape index (κ1) is 18.6. The van der Waals surface area contributed by atoms with Gasteiger partial charge in [0.2, 0.25) is 11.9 Å². The Morgan fingerprint density at radius 2 is 1.93 bits per heavy atom. The maximum absolute atomic E-state index is 11.6. The van der Waals surface area contributed by atoms with E-state index in [1.165, 1.54) is 0 Å². The van der Waals surface area contributed by atoms with Gasteiger partial charge in [-0.2, -0.15) is 4.98 Å². The van der Waals surface area contributed by atoms with Gasteiger partial charge in [-0.3, -0.25) is 9.36 Å². The highest BCUT2D eigenvalue weighted by Crippen LogP contribution is 2.22. The third-order valence-electron chi connectivity index (χ3n) is 4.68. The lowest BCUT2D eigenvalue weighted by atomic mass is 10.1. The summed E-state index contributed by atoms with van der Waals surface area (Å²) in [5.41, 5.74) is 3.58. The Kier molecular flexibility index (Phi) is 5.20. The van der Waals surface area contributed by atoms with Crippen LogP contribution in [0.25, 0.3) is 16.9 Å². The van der Waals surface area contributed by atoms with E-state index < -0.39 is 0 Å². The molecule has 1 amide bonds. The van der Waals surface area contributed by atoms with E-state index in [1.54, 1.807) is 12.5 Å². The van der Waals surface area contributed by atoms with Crippen molar-refractivity contribution >= 4 is 28.6 Å². The lowest BCUT2D eigenvalue weighted by Crippen LogP contribution is -2.10. The van der Waals surface area contributed by atoms with Crippen LogP contribution >= 0.6 is 0 Å². The first-order valence-electron chi connectivity index (χ1n) is 9.56. The first-order chi connectivity index (χ1) is 14.1. The fourth-order valence-corrected chi connectivity index (χ4v) is 3.09. The average Bonchev–Trinajstić information content (AvgIpc) is 3.17. The number of rotatable bonds is 6. The molecular formula is C22H22N6O. The number of hydrogen-bond acceptors (Lipinski definition) is 5. The minimum absolute atomic E-state index is 0.0252. The number of hydrogen-bond donors (Lipinski definition) is 2. The topological polar surface area (TPSA) is 84.7 Å². The summed E-state index contributed by atoms with van der Waals surface area (Å²) in [5.74, 6) is 1.24. The van der Waals surface area contributed by atoms with E-state index in [2.05, 4.69) is 44.6 Å². The van der Waals surface area contributed by atoms with E-state index in [1.807, 2.05) is 54.0 Å². The lowest BCUT2D eigenvalue weighted by Gasteiger charge is -2.14. The highest BCUT2D eigenvalue weighted by Gasteiger charge is 2.11. The third-order valence-corrected chi connectivity index (χ3v) is 4.68. The van der Waals surface area contributed by atoms with Crippen LogP contribution in [0.5, 0.6) is 0 Å². The fourth-order valence-electron chi connectivity index (χ4n) is 3.09. The summed E-state index contributed by atoms with van der Waals surface area (Å²) in [7, 11) is 0. The first-order valence-corrected chi connectivity index (χ1v) is 9.56. The molecule has 2 aromatic heterocycles. The Labute approximate surface area is 168 Å². The van der Waals surface area contributed by atoms with Crippen molar-refractivity contribution in [1.82, 2.24) is 19.5 Å². The van der Waals surface area contributed by atoms with Crippen molar-refractivity contribution in [2.24, 2.45) is 0 Å². The number of aromatic nitrogens is 4. The monoisotopic (exact) mass is 386 g/mol. The highest BCUT2D eigenvalue weighted by molar-refractivity contribution is 5.93. The minimum atomic E-state index is -0.0252. The number of carbonyl (C=O) groups excluding carboxylic acids is 1. The summed E-state index contributed by atoms with van der Waals surface area (Å²) in [6.45, 7) is 3.89. The van der Waals surface area contributed by atoms with Gasteiger partial charge in [0.05, 0.1) is 17.1 Å². The molecule has 4 rings (SSSR count). The normalized spacial score (nSPS) is 11.9. The van der Waals surface area contributed by atoms with Gasteiger partial charge in [-0.05, 0) is 36.8 Å². The van der Waals surface area contributed by atoms with Crippen molar-refractivity contribution in [3.63, 3.8) is 0 Å². The van der Waals surface area contributed by atoms with Crippen LogP contribution in [0, 0.1) is 0 Å². The largest absolute Gasteiger partial charge is 0.348 e. The number of imidazole rings is 1. The molecule has 0 aliphatic heterocycles. The van der Waals surface area contributed by atoms with Gasteiger partial charge in [0, 0.05) is 18.3 Å². The second kappa shape index (κ2) is 8.10. The Balaban J connectivity index is 1.59. The van der Waals surface area contributed by atoms with Crippen molar-refractivity contribution in [3.05, 3.63) is 72.7 Å². The molecule has 0 saturated heterocycles. The zero-order valence-electron chi connectivity index (χ0n) is 16.3. The number of fused-ring (bicyclic) bond motifs is 1. The molecule has 0 aliphatic carbocycles. The zero-order valence-corrected chi connectivity index (χ0v) is 16.3. The molecule has 7 heteroatoms. The summed E-state index contributed by atoms with van der Waals surface area (Å²) in [6.07, 6.45) is 3.89. The number of nitrogens with zero attached hydrogens (tertiary/aromatic N) is 4. The Hall–Kier alpha value is -3.74. The molecule has 0 spiro atoms. The lowest BCUT2D eigenvalue weighted by molar-refractivity contribution is -0.115. The number of anilines is 2. The molecule has 29 heavy (non-hydrogen) atoms. The highest BCUT2D eigenvalue weighted by atomic mass is 16.1. The van der Waals surface area contributed by atoms with Crippen LogP contribution in [-0.2, 0) is 4.79 Å². The van der Waals surface area contributed by atoms with Gasteiger partial charge < -0.3 is 10.6 Å². The van der Waals surface area contributed by atoms with Crippen LogP contribution < -0.4 is 10.6 Å². The molecular weight excluding hydrogens is 364 g/mol. The number of amides is 1. The summed E-state index contributed by atoms with van der Waals surface area (Å²) < 4.78 is 1.90.